The second-order valence-corrected chi connectivity index (χ2v) is 6.02. The molecule has 1 heteroatoms. The second-order valence-electron chi connectivity index (χ2n) is 6.02. The predicted molar refractivity (Wildman–Crippen MR) is 78.7 cm³/mol. The number of hydrogen-bond donors (Lipinski definition) is 1. The highest BCUT2D eigenvalue weighted by atomic mass is 14.6. The predicted octanol–water partition coefficient (Wildman–Crippen LogP) is 4.23. The molecule has 1 saturated carbocycles. The van der Waals surface area contributed by atoms with Gasteiger partial charge in [0.15, 0.2) is 0 Å². The lowest BCUT2D eigenvalue weighted by Gasteiger charge is -2.24. The summed E-state index contributed by atoms with van der Waals surface area (Å²) >= 11 is 0. The summed E-state index contributed by atoms with van der Waals surface area (Å²) in [5.74, 6) is 0.909. The van der Waals surface area contributed by atoms with E-state index in [2.05, 4.69) is 31.2 Å². The number of aryl methyl sites for hydroxylation is 2. The summed E-state index contributed by atoms with van der Waals surface area (Å²) in [6.07, 6.45) is 10.6. The maximum atomic E-state index is 6.28. The molecule has 100 valence electrons. The monoisotopic (exact) mass is 245 g/mol. The molecule has 1 nitrogen and oxygen atoms in total. The summed E-state index contributed by atoms with van der Waals surface area (Å²) in [4.78, 5) is 0. The minimum absolute atomic E-state index is 0.398. The lowest BCUT2D eigenvalue weighted by molar-refractivity contribution is 0.312. The van der Waals surface area contributed by atoms with Gasteiger partial charge in [-0.05, 0) is 37.7 Å². The van der Waals surface area contributed by atoms with E-state index in [9.17, 15) is 0 Å². The first kappa shape index (κ1) is 13.6. The Kier molecular flexibility index (Phi) is 5.25. The third kappa shape index (κ3) is 4.45. The van der Waals surface area contributed by atoms with Gasteiger partial charge in [0.05, 0.1) is 0 Å². The average Bonchev–Trinajstić information content (AvgIpc) is 2.39. The van der Waals surface area contributed by atoms with Gasteiger partial charge in [-0.15, -0.1) is 0 Å². The van der Waals surface area contributed by atoms with Crippen molar-refractivity contribution in [2.45, 2.75) is 64.3 Å². The largest absolute Gasteiger partial charge is 0.328 e. The molecular formula is C17H27N. The van der Waals surface area contributed by atoms with Crippen LogP contribution in [0.25, 0.3) is 0 Å². The molecule has 1 unspecified atom stereocenters. The summed E-state index contributed by atoms with van der Waals surface area (Å²) in [6.45, 7) is 2.14. The quantitative estimate of drug-likeness (QED) is 0.825. The third-order valence-electron chi connectivity index (χ3n) is 4.29. The maximum absolute atomic E-state index is 6.28. The molecule has 1 fully saturated rings. The fourth-order valence-electron chi connectivity index (χ4n) is 3.08. The Morgan fingerprint density at radius 3 is 2.44 bits per heavy atom. The number of nitrogens with two attached hydrogens (primary N) is 1. The molecule has 0 spiro atoms. The van der Waals surface area contributed by atoms with Gasteiger partial charge in [0.25, 0.3) is 0 Å². The van der Waals surface area contributed by atoms with Gasteiger partial charge in [-0.2, -0.15) is 0 Å². The van der Waals surface area contributed by atoms with Crippen molar-refractivity contribution in [2.75, 3.05) is 0 Å². The fourth-order valence-corrected chi connectivity index (χ4v) is 3.08. The molecule has 0 aromatic heterocycles. The zero-order valence-corrected chi connectivity index (χ0v) is 11.7. The van der Waals surface area contributed by atoms with E-state index in [4.69, 9.17) is 5.73 Å². The van der Waals surface area contributed by atoms with Crippen LogP contribution in [0, 0.1) is 12.8 Å². The van der Waals surface area contributed by atoms with E-state index >= 15 is 0 Å². The Bertz CT molecular complexity index is 335. The highest BCUT2D eigenvalue weighted by molar-refractivity contribution is 5.21. The highest BCUT2D eigenvalue weighted by Crippen LogP contribution is 2.27. The van der Waals surface area contributed by atoms with E-state index in [1.807, 2.05) is 0 Å². The molecule has 0 aliphatic heterocycles. The summed E-state index contributed by atoms with van der Waals surface area (Å²) in [7, 11) is 0. The Hall–Kier alpha value is -0.820. The maximum Gasteiger partial charge on any atom is 0.00446 e. The summed E-state index contributed by atoms with van der Waals surface area (Å²) < 4.78 is 0. The van der Waals surface area contributed by atoms with Crippen LogP contribution in [0.15, 0.2) is 24.3 Å². The molecule has 0 heterocycles. The van der Waals surface area contributed by atoms with Crippen LogP contribution in [0.4, 0.5) is 0 Å². The molecule has 0 amide bonds. The van der Waals surface area contributed by atoms with E-state index in [0.29, 0.717) is 6.04 Å². The van der Waals surface area contributed by atoms with Gasteiger partial charge >= 0.3 is 0 Å². The number of rotatable bonds is 5. The summed E-state index contributed by atoms with van der Waals surface area (Å²) in [5, 5.41) is 0. The van der Waals surface area contributed by atoms with E-state index in [1.165, 1.54) is 49.7 Å². The zero-order valence-electron chi connectivity index (χ0n) is 11.7. The third-order valence-corrected chi connectivity index (χ3v) is 4.29. The van der Waals surface area contributed by atoms with Gasteiger partial charge in [-0.3, -0.25) is 0 Å². The van der Waals surface area contributed by atoms with Gasteiger partial charge in [0.1, 0.15) is 0 Å². The summed E-state index contributed by atoms with van der Waals surface area (Å²) in [5.41, 5.74) is 9.05. The standard InChI is InChI=1S/C17H27N/c1-14-7-9-15(10-8-14)11-12-17(18)13-16-5-3-2-4-6-16/h7-10,16-17H,2-6,11-13,18H2,1H3. The van der Waals surface area contributed by atoms with Crippen molar-refractivity contribution in [3.05, 3.63) is 35.4 Å². The molecule has 18 heavy (non-hydrogen) atoms. The van der Waals surface area contributed by atoms with Crippen LogP contribution >= 0.6 is 0 Å². The number of hydrogen-bond acceptors (Lipinski definition) is 1. The molecule has 1 aromatic rings. The van der Waals surface area contributed by atoms with Crippen molar-refractivity contribution in [3.63, 3.8) is 0 Å². The first-order valence-corrected chi connectivity index (χ1v) is 7.55. The van der Waals surface area contributed by atoms with Crippen molar-refractivity contribution < 1.29 is 0 Å². The van der Waals surface area contributed by atoms with Crippen molar-refractivity contribution in [3.8, 4) is 0 Å². The lowest BCUT2D eigenvalue weighted by Crippen LogP contribution is -2.25. The molecule has 2 rings (SSSR count). The molecule has 1 aliphatic rings. The van der Waals surface area contributed by atoms with E-state index < -0.39 is 0 Å². The molecule has 0 bridgehead atoms. The first-order chi connectivity index (χ1) is 8.74. The SMILES string of the molecule is Cc1ccc(CCC(N)CC2CCCCC2)cc1. The van der Waals surface area contributed by atoms with Crippen molar-refractivity contribution in [1.82, 2.24) is 0 Å². The molecule has 1 aliphatic carbocycles. The Morgan fingerprint density at radius 1 is 1.11 bits per heavy atom. The molecule has 1 aromatic carbocycles. The van der Waals surface area contributed by atoms with Crippen LogP contribution in [-0.2, 0) is 6.42 Å². The number of benzene rings is 1. The van der Waals surface area contributed by atoms with Crippen molar-refractivity contribution >= 4 is 0 Å². The lowest BCUT2D eigenvalue weighted by atomic mass is 9.84. The van der Waals surface area contributed by atoms with Crippen molar-refractivity contribution in [1.29, 1.82) is 0 Å². The van der Waals surface area contributed by atoms with Gasteiger partial charge in [-0.25, -0.2) is 0 Å². The van der Waals surface area contributed by atoms with E-state index in [-0.39, 0.29) is 0 Å². The first-order valence-electron chi connectivity index (χ1n) is 7.55. The topological polar surface area (TPSA) is 26.0 Å². The normalized spacial score (nSPS) is 18.8. The fraction of sp³-hybridized carbons (Fsp3) is 0.647. The molecule has 0 saturated heterocycles. The van der Waals surface area contributed by atoms with Crippen LogP contribution in [-0.4, -0.2) is 6.04 Å². The molecule has 1 atom stereocenters. The molecule has 0 radical (unpaired) electrons. The molecular weight excluding hydrogens is 218 g/mol. The van der Waals surface area contributed by atoms with Gasteiger partial charge in [-0.1, -0.05) is 61.9 Å². The minimum Gasteiger partial charge on any atom is -0.328 e. The molecule has 2 N–H and O–H groups in total. The Morgan fingerprint density at radius 2 is 1.78 bits per heavy atom. The van der Waals surface area contributed by atoms with E-state index in [0.717, 1.165) is 18.8 Å². The van der Waals surface area contributed by atoms with Crippen LogP contribution in [0.3, 0.4) is 0 Å². The van der Waals surface area contributed by atoms with Gasteiger partial charge in [0.2, 0.25) is 0 Å². The Balaban J connectivity index is 1.70. The van der Waals surface area contributed by atoms with E-state index in [1.54, 1.807) is 0 Å². The average molecular weight is 245 g/mol. The second kappa shape index (κ2) is 6.94. The van der Waals surface area contributed by atoms with Crippen LogP contribution in [0.1, 0.15) is 56.1 Å². The van der Waals surface area contributed by atoms with Gasteiger partial charge < -0.3 is 5.73 Å². The van der Waals surface area contributed by atoms with Crippen LogP contribution in [0.5, 0.6) is 0 Å². The highest BCUT2D eigenvalue weighted by Gasteiger charge is 2.16. The minimum atomic E-state index is 0.398. The van der Waals surface area contributed by atoms with Crippen molar-refractivity contribution in [2.24, 2.45) is 11.7 Å². The van der Waals surface area contributed by atoms with Gasteiger partial charge in [0, 0.05) is 6.04 Å². The Labute approximate surface area is 112 Å². The zero-order chi connectivity index (χ0) is 12.8. The van der Waals surface area contributed by atoms with Crippen LogP contribution in [0.2, 0.25) is 0 Å². The summed E-state index contributed by atoms with van der Waals surface area (Å²) in [6, 6.07) is 9.27. The van der Waals surface area contributed by atoms with Crippen LogP contribution < -0.4 is 5.73 Å². The smallest absolute Gasteiger partial charge is 0.00446 e.